The zero-order chi connectivity index (χ0) is 21.3. The molecule has 1 aliphatic carbocycles. The third kappa shape index (κ3) is 4.51. The number of aryl methyl sites for hydroxylation is 3. The van der Waals surface area contributed by atoms with Crippen molar-refractivity contribution in [1.29, 1.82) is 0 Å². The van der Waals surface area contributed by atoms with E-state index in [0.29, 0.717) is 23.3 Å². The average molecular weight is 408 g/mol. The average Bonchev–Trinajstić information content (AvgIpc) is 3.44. The van der Waals surface area contributed by atoms with Crippen molar-refractivity contribution in [3.63, 3.8) is 0 Å². The van der Waals surface area contributed by atoms with Crippen LogP contribution in [0.15, 0.2) is 30.3 Å². The predicted molar refractivity (Wildman–Crippen MR) is 114 cm³/mol. The number of anilines is 2. The second-order valence-electron chi connectivity index (χ2n) is 7.49. The molecule has 156 valence electrons. The van der Waals surface area contributed by atoms with Gasteiger partial charge < -0.3 is 20.7 Å². The number of benzene rings is 1. The molecule has 0 atom stereocenters. The van der Waals surface area contributed by atoms with Crippen molar-refractivity contribution in [2.75, 3.05) is 17.2 Å². The van der Waals surface area contributed by atoms with Gasteiger partial charge in [-0.15, -0.1) is 5.10 Å². The van der Waals surface area contributed by atoms with Crippen LogP contribution in [-0.2, 0) is 11.8 Å². The summed E-state index contributed by atoms with van der Waals surface area (Å²) in [5.74, 6) is 0.0765. The molecule has 9 heteroatoms. The van der Waals surface area contributed by atoms with Crippen molar-refractivity contribution in [2.45, 2.75) is 32.7 Å². The molecule has 0 unspecified atom stereocenters. The first-order valence-corrected chi connectivity index (χ1v) is 9.80. The maximum Gasteiger partial charge on any atom is 0.319 e. The molecule has 4 rings (SSSR count). The molecule has 2 heterocycles. The molecule has 0 saturated heterocycles. The summed E-state index contributed by atoms with van der Waals surface area (Å²) in [5, 5.41) is 13.5. The van der Waals surface area contributed by atoms with Crippen molar-refractivity contribution in [1.82, 2.24) is 20.1 Å². The van der Waals surface area contributed by atoms with Gasteiger partial charge in [0.15, 0.2) is 12.3 Å². The number of carbonyl (C=O) groups is 2. The fraction of sp³-hybridized carbons (Fsp3) is 0.333. The standard InChI is InChI=1S/C21H24N6O3/c1-12-10-13(2)22-19-18(12)20(26-27(19)3)30-11-17(28)23-14-4-6-15(7-5-14)24-21(29)25-16-8-9-16/h4-7,10,16H,8-9,11H2,1-3H3,(H,23,28)(H2,24,25,29). The number of urea groups is 1. The zero-order valence-electron chi connectivity index (χ0n) is 17.2. The predicted octanol–water partition coefficient (Wildman–Crippen LogP) is 2.89. The molecule has 2 aromatic heterocycles. The molecule has 1 saturated carbocycles. The summed E-state index contributed by atoms with van der Waals surface area (Å²) < 4.78 is 7.31. The molecule has 0 radical (unpaired) electrons. The molecule has 0 aliphatic heterocycles. The Kier molecular flexibility index (Phi) is 5.26. The largest absolute Gasteiger partial charge is 0.466 e. The van der Waals surface area contributed by atoms with Crippen LogP contribution >= 0.6 is 0 Å². The first kappa shape index (κ1) is 19.7. The lowest BCUT2D eigenvalue weighted by atomic mass is 10.2. The maximum atomic E-state index is 12.3. The van der Waals surface area contributed by atoms with Crippen molar-refractivity contribution in [2.24, 2.45) is 7.05 Å². The van der Waals surface area contributed by atoms with Crippen LogP contribution in [0.5, 0.6) is 5.88 Å². The number of pyridine rings is 1. The van der Waals surface area contributed by atoms with E-state index in [-0.39, 0.29) is 18.5 Å². The molecule has 3 aromatic rings. The Balaban J connectivity index is 1.34. The number of hydrogen-bond acceptors (Lipinski definition) is 5. The van der Waals surface area contributed by atoms with Crippen LogP contribution < -0.4 is 20.7 Å². The maximum absolute atomic E-state index is 12.3. The van der Waals surface area contributed by atoms with Gasteiger partial charge in [0.25, 0.3) is 5.91 Å². The smallest absolute Gasteiger partial charge is 0.319 e. The summed E-state index contributed by atoms with van der Waals surface area (Å²) >= 11 is 0. The fourth-order valence-corrected chi connectivity index (χ4v) is 3.20. The number of rotatable bonds is 6. The molecule has 0 bridgehead atoms. The van der Waals surface area contributed by atoms with E-state index < -0.39 is 0 Å². The van der Waals surface area contributed by atoms with Gasteiger partial charge in [0.05, 0.1) is 5.39 Å². The minimum Gasteiger partial charge on any atom is -0.466 e. The van der Waals surface area contributed by atoms with Crippen LogP contribution in [0.25, 0.3) is 11.0 Å². The normalized spacial score (nSPS) is 13.2. The van der Waals surface area contributed by atoms with Crippen LogP contribution in [0.3, 0.4) is 0 Å². The zero-order valence-corrected chi connectivity index (χ0v) is 17.2. The van der Waals surface area contributed by atoms with Crippen LogP contribution in [-0.4, -0.2) is 39.4 Å². The van der Waals surface area contributed by atoms with Gasteiger partial charge in [-0.05, 0) is 62.6 Å². The number of fused-ring (bicyclic) bond motifs is 1. The molecule has 1 aromatic carbocycles. The van der Waals surface area contributed by atoms with Crippen LogP contribution in [0, 0.1) is 13.8 Å². The molecule has 9 nitrogen and oxygen atoms in total. The highest BCUT2D eigenvalue weighted by Crippen LogP contribution is 2.27. The molecule has 1 fully saturated rings. The third-order valence-electron chi connectivity index (χ3n) is 4.77. The topological polar surface area (TPSA) is 110 Å². The SMILES string of the molecule is Cc1cc(C)c2c(OCC(=O)Nc3ccc(NC(=O)NC4CC4)cc3)nn(C)c2n1. The molecular weight excluding hydrogens is 384 g/mol. The van der Waals surface area contributed by atoms with Crippen LogP contribution in [0.1, 0.15) is 24.1 Å². The third-order valence-corrected chi connectivity index (χ3v) is 4.77. The van der Waals surface area contributed by atoms with E-state index in [4.69, 9.17) is 4.74 Å². The lowest BCUT2D eigenvalue weighted by Gasteiger charge is -2.09. The summed E-state index contributed by atoms with van der Waals surface area (Å²) in [6.45, 7) is 3.71. The van der Waals surface area contributed by atoms with Crippen molar-refractivity contribution >= 4 is 34.3 Å². The van der Waals surface area contributed by atoms with Crippen LogP contribution in [0.4, 0.5) is 16.2 Å². The summed E-state index contributed by atoms with van der Waals surface area (Å²) in [6.07, 6.45) is 2.06. The van der Waals surface area contributed by atoms with Crippen molar-refractivity contribution < 1.29 is 14.3 Å². The Morgan fingerprint density at radius 2 is 1.80 bits per heavy atom. The van der Waals surface area contributed by atoms with E-state index in [0.717, 1.165) is 35.1 Å². The number of nitrogens with one attached hydrogen (secondary N) is 3. The van der Waals surface area contributed by atoms with Crippen molar-refractivity contribution in [3.8, 4) is 5.88 Å². The van der Waals surface area contributed by atoms with E-state index >= 15 is 0 Å². The van der Waals surface area contributed by atoms with Gasteiger partial charge in [0, 0.05) is 30.2 Å². The van der Waals surface area contributed by atoms with Gasteiger partial charge in [-0.25, -0.2) is 14.5 Å². The Hall–Kier alpha value is -3.62. The summed E-state index contributed by atoms with van der Waals surface area (Å²) in [4.78, 5) is 28.5. The first-order chi connectivity index (χ1) is 14.4. The number of nitrogens with zero attached hydrogens (tertiary/aromatic N) is 3. The van der Waals surface area contributed by atoms with Gasteiger partial charge in [-0.2, -0.15) is 0 Å². The highest BCUT2D eigenvalue weighted by molar-refractivity contribution is 5.93. The van der Waals surface area contributed by atoms with E-state index in [2.05, 4.69) is 26.0 Å². The van der Waals surface area contributed by atoms with E-state index in [1.54, 1.807) is 36.0 Å². The summed E-state index contributed by atoms with van der Waals surface area (Å²) in [6, 6.07) is 8.93. The lowest BCUT2D eigenvalue weighted by molar-refractivity contribution is -0.118. The minimum atomic E-state index is -0.307. The quantitative estimate of drug-likeness (QED) is 0.581. The van der Waals surface area contributed by atoms with E-state index in [9.17, 15) is 9.59 Å². The second kappa shape index (κ2) is 8.02. The van der Waals surface area contributed by atoms with Gasteiger partial charge in [-0.3, -0.25) is 4.79 Å². The van der Waals surface area contributed by atoms with E-state index in [1.807, 2.05) is 19.9 Å². The monoisotopic (exact) mass is 408 g/mol. The Morgan fingerprint density at radius 3 is 2.47 bits per heavy atom. The van der Waals surface area contributed by atoms with Crippen LogP contribution in [0.2, 0.25) is 0 Å². The molecule has 3 amide bonds. The molecular formula is C21H24N6O3. The second-order valence-corrected chi connectivity index (χ2v) is 7.49. The Labute approximate surface area is 173 Å². The molecule has 1 aliphatic rings. The Morgan fingerprint density at radius 1 is 1.13 bits per heavy atom. The van der Waals surface area contributed by atoms with E-state index in [1.165, 1.54) is 0 Å². The number of ether oxygens (including phenoxy) is 1. The van der Waals surface area contributed by atoms with Gasteiger partial charge in [0.2, 0.25) is 5.88 Å². The Bertz CT molecular complexity index is 1100. The molecule has 30 heavy (non-hydrogen) atoms. The van der Waals surface area contributed by atoms with Gasteiger partial charge >= 0.3 is 6.03 Å². The molecule has 3 N–H and O–H groups in total. The summed E-state index contributed by atoms with van der Waals surface area (Å²) in [7, 11) is 1.79. The summed E-state index contributed by atoms with van der Waals surface area (Å²) in [5.41, 5.74) is 3.87. The molecule has 0 spiro atoms. The highest BCUT2D eigenvalue weighted by Gasteiger charge is 2.23. The minimum absolute atomic E-state index is 0.177. The number of carbonyl (C=O) groups excluding carboxylic acids is 2. The van der Waals surface area contributed by atoms with Gasteiger partial charge in [-0.1, -0.05) is 0 Å². The lowest BCUT2D eigenvalue weighted by Crippen LogP contribution is -2.30. The van der Waals surface area contributed by atoms with Crippen molar-refractivity contribution in [3.05, 3.63) is 41.6 Å². The van der Waals surface area contributed by atoms with Gasteiger partial charge in [0.1, 0.15) is 0 Å². The fourth-order valence-electron chi connectivity index (χ4n) is 3.20. The number of amides is 3. The highest BCUT2D eigenvalue weighted by atomic mass is 16.5. The number of aromatic nitrogens is 3. The first-order valence-electron chi connectivity index (χ1n) is 9.80. The number of hydrogen-bond donors (Lipinski definition) is 3.